The first-order chi connectivity index (χ1) is 10.1. The number of carbonyl (C=O) groups excluding carboxylic acids is 1. The van der Waals surface area contributed by atoms with E-state index in [4.69, 9.17) is 16.3 Å². The first-order valence-corrected chi connectivity index (χ1v) is 8.10. The van der Waals surface area contributed by atoms with Crippen molar-refractivity contribution in [2.24, 2.45) is 5.92 Å². The smallest absolute Gasteiger partial charge is 0.326 e. The zero-order chi connectivity index (χ0) is 15.3. The molecular weight excluding hydrogens is 290 g/mol. The molecule has 1 N–H and O–H groups in total. The van der Waals surface area contributed by atoms with Gasteiger partial charge < -0.3 is 10.1 Å². The van der Waals surface area contributed by atoms with Gasteiger partial charge in [0.1, 0.15) is 5.54 Å². The molecule has 1 fully saturated rings. The molecule has 1 aliphatic rings. The molecule has 1 saturated carbocycles. The molecule has 0 spiro atoms. The lowest BCUT2D eigenvalue weighted by Gasteiger charge is -2.34. The Bertz CT molecular complexity index is 477. The molecule has 2 rings (SSSR count). The molecule has 0 bridgehead atoms. The summed E-state index contributed by atoms with van der Waals surface area (Å²) in [5.74, 6) is 0.173. The van der Waals surface area contributed by atoms with Crippen LogP contribution in [0.25, 0.3) is 0 Å². The third kappa shape index (κ3) is 3.58. The summed E-state index contributed by atoms with van der Waals surface area (Å²) >= 11 is 5.88. The molecule has 1 aromatic rings. The Kier molecular flexibility index (Phi) is 5.65. The molecule has 6 heteroatoms. The highest BCUT2D eigenvalue weighted by Crippen LogP contribution is 2.39. The normalized spacial score (nSPS) is 25.2. The lowest BCUT2D eigenvalue weighted by Crippen LogP contribution is -2.55. The zero-order valence-corrected chi connectivity index (χ0v) is 13.5. The number of aromatic nitrogens is 2. The summed E-state index contributed by atoms with van der Waals surface area (Å²) in [5.41, 5.74) is -0.526. The van der Waals surface area contributed by atoms with Crippen LogP contribution < -0.4 is 5.32 Å². The van der Waals surface area contributed by atoms with E-state index in [2.05, 4.69) is 10.4 Å². The predicted molar refractivity (Wildman–Crippen MR) is 82.2 cm³/mol. The van der Waals surface area contributed by atoms with E-state index in [1.165, 1.54) is 0 Å². The SMILES string of the molecule is CCNC1(C(=O)OCC)CCCC1CCn1cc(Cl)cn1. The van der Waals surface area contributed by atoms with Crippen LogP contribution in [0.1, 0.15) is 39.5 Å². The number of esters is 1. The van der Waals surface area contributed by atoms with E-state index in [0.29, 0.717) is 11.6 Å². The first-order valence-electron chi connectivity index (χ1n) is 7.72. The Labute approximate surface area is 131 Å². The van der Waals surface area contributed by atoms with E-state index in [9.17, 15) is 4.79 Å². The molecular formula is C15H24ClN3O2. The van der Waals surface area contributed by atoms with Gasteiger partial charge in [-0.2, -0.15) is 5.10 Å². The van der Waals surface area contributed by atoms with Gasteiger partial charge in [-0.1, -0.05) is 24.9 Å². The van der Waals surface area contributed by atoms with Crippen molar-refractivity contribution in [1.29, 1.82) is 0 Å². The van der Waals surface area contributed by atoms with Gasteiger partial charge in [-0.3, -0.25) is 9.48 Å². The summed E-state index contributed by atoms with van der Waals surface area (Å²) in [4.78, 5) is 12.5. The Morgan fingerprint density at radius 2 is 2.43 bits per heavy atom. The average Bonchev–Trinajstić information content (AvgIpc) is 3.04. The average molecular weight is 314 g/mol. The molecule has 5 nitrogen and oxygen atoms in total. The van der Waals surface area contributed by atoms with E-state index < -0.39 is 5.54 Å². The minimum absolute atomic E-state index is 0.104. The van der Waals surface area contributed by atoms with Crippen LogP contribution in [0.3, 0.4) is 0 Å². The summed E-state index contributed by atoms with van der Waals surface area (Å²) < 4.78 is 7.16. The first kappa shape index (κ1) is 16.3. The number of nitrogens with zero attached hydrogens (tertiary/aromatic N) is 2. The van der Waals surface area contributed by atoms with E-state index in [1.54, 1.807) is 6.20 Å². The topological polar surface area (TPSA) is 56.1 Å². The van der Waals surface area contributed by atoms with Crippen molar-refractivity contribution >= 4 is 17.6 Å². The van der Waals surface area contributed by atoms with Crippen molar-refractivity contribution in [2.75, 3.05) is 13.2 Å². The molecule has 1 aliphatic carbocycles. The Balaban J connectivity index is 2.06. The molecule has 0 radical (unpaired) electrons. The number of halogens is 1. The fraction of sp³-hybridized carbons (Fsp3) is 0.733. The van der Waals surface area contributed by atoms with Gasteiger partial charge in [0.15, 0.2) is 0 Å². The van der Waals surface area contributed by atoms with Crippen molar-refractivity contribution in [3.05, 3.63) is 17.4 Å². The van der Waals surface area contributed by atoms with Crippen LogP contribution in [0, 0.1) is 5.92 Å². The van der Waals surface area contributed by atoms with E-state index in [0.717, 1.165) is 38.8 Å². The second-order valence-corrected chi connectivity index (χ2v) is 5.96. The van der Waals surface area contributed by atoms with E-state index >= 15 is 0 Å². The highest BCUT2D eigenvalue weighted by Gasteiger charge is 2.49. The third-order valence-electron chi connectivity index (χ3n) is 4.26. The van der Waals surface area contributed by atoms with Crippen molar-refractivity contribution in [3.63, 3.8) is 0 Å². The molecule has 2 atom stereocenters. The zero-order valence-electron chi connectivity index (χ0n) is 12.8. The van der Waals surface area contributed by atoms with Gasteiger partial charge in [-0.25, -0.2) is 0 Å². The maximum absolute atomic E-state index is 12.5. The number of ether oxygens (including phenoxy) is 1. The summed E-state index contributed by atoms with van der Waals surface area (Å²) in [5, 5.41) is 8.25. The highest BCUT2D eigenvalue weighted by atomic mass is 35.5. The lowest BCUT2D eigenvalue weighted by molar-refractivity contribution is -0.153. The van der Waals surface area contributed by atoms with Crippen molar-refractivity contribution < 1.29 is 9.53 Å². The number of hydrogen-bond acceptors (Lipinski definition) is 4. The maximum atomic E-state index is 12.5. The number of likely N-dealkylation sites (N-methyl/N-ethyl adjacent to an activating group) is 1. The van der Waals surface area contributed by atoms with Gasteiger partial charge in [0.2, 0.25) is 0 Å². The fourth-order valence-corrected chi connectivity index (χ4v) is 3.52. The van der Waals surface area contributed by atoms with Gasteiger partial charge in [0, 0.05) is 12.7 Å². The summed E-state index contributed by atoms with van der Waals surface area (Å²) in [6, 6.07) is 0. The minimum atomic E-state index is -0.526. The number of carbonyl (C=O) groups is 1. The van der Waals surface area contributed by atoms with Crippen LogP contribution in [-0.4, -0.2) is 34.4 Å². The Morgan fingerprint density at radius 3 is 3.05 bits per heavy atom. The molecule has 1 heterocycles. The van der Waals surface area contributed by atoms with Gasteiger partial charge >= 0.3 is 5.97 Å². The highest BCUT2D eigenvalue weighted by molar-refractivity contribution is 6.30. The molecule has 118 valence electrons. The monoisotopic (exact) mass is 313 g/mol. The largest absolute Gasteiger partial charge is 0.465 e. The van der Waals surface area contributed by atoms with Crippen molar-refractivity contribution in [2.45, 2.75) is 51.6 Å². The standard InChI is InChI=1S/C15H24ClN3O2/c1-3-17-15(14(20)21-4-2)8-5-6-12(15)7-9-19-11-13(16)10-18-19/h10-12,17H,3-9H2,1-2H3. The van der Waals surface area contributed by atoms with Crippen LogP contribution in [0.2, 0.25) is 5.02 Å². The molecule has 0 aromatic carbocycles. The lowest BCUT2D eigenvalue weighted by atomic mass is 9.84. The summed E-state index contributed by atoms with van der Waals surface area (Å²) in [6.07, 6.45) is 7.29. The minimum Gasteiger partial charge on any atom is -0.465 e. The van der Waals surface area contributed by atoms with Gasteiger partial charge in [0.05, 0.1) is 17.8 Å². The molecule has 21 heavy (non-hydrogen) atoms. The molecule has 0 aliphatic heterocycles. The quantitative estimate of drug-likeness (QED) is 0.786. The predicted octanol–water partition coefficient (Wildman–Crippen LogP) is 2.64. The second-order valence-electron chi connectivity index (χ2n) is 5.52. The van der Waals surface area contributed by atoms with E-state index in [1.807, 2.05) is 24.7 Å². The number of aryl methyl sites for hydroxylation is 1. The Hall–Kier alpha value is -1.07. The van der Waals surface area contributed by atoms with Crippen molar-refractivity contribution in [3.8, 4) is 0 Å². The van der Waals surface area contributed by atoms with Crippen LogP contribution in [0.15, 0.2) is 12.4 Å². The molecule has 0 amide bonds. The van der Waals surface area contributed by atoms with Gasteiger partial charge in [-0.15, -0.1) is 0 Å². The van der Waals surface area contributed by atoms with Crippen LogP contribution in [-0.2, 0) is 16.1 Å². The fourth-order valence-electron chi connectivity index (χ4n) is 3.37. The molecule has 2 unspecified atom stereocenters. The van der Waals surface area contributed by atoms with Crippen molar-refractivity contribution in [1.82, 2.24) is 15.1 Å². The van der Waals surface area contributed by atoms with Gasteiger partial charge in [0.25, 0.3) is 0 Å². The van der Waals surface area contributed by atoms with Crippen LogP contribution in [0.4, 0.5) is 0 Å². The Morgan fingerprint density at radius 1 is 1.62 bits per heavy atom. The summed E-state index contributed by atoms with van der Waals surface area (Å²) in [7, 11) is 0. The maximum Gasteiger partial charge on any atom is 0.326 e. The van der Waals surface area contributed by atoms with Gasteiger partial charge in [-0.05, 0) is 38.6 Å². The molecule has 0 saturated heterocycles. The third-order valence-corrected chi connectivity index (χ3v) is 4.46. The number of nitrogens with one attached hydrogen (secondary N) is 1. The van der Waals surface area contributed by atoms with E-state index in [-0.39, 0.29) is 11.9 Å². The van der Waals surface area contributed by atoms with Crippen LogP contribution >= 0.6 is 11.6 Å². The molecule has 1 aromatic heterocycles. The van der Waals surface area contributed by atoms with Crippen LogP contribution in [0.5, 0.6) is 0 Å². The number of rotatable bonds is 7. The second kappa shape index (κ2) is 7.27. The summed E-state index contributed by atoms with van der Waals surface area (Å²) in [6.45, 7) is 5.84. The number of hydrogen-bond donors (Lipinski definition) is 1.